The van der Waals surface area contributed by atoms with E-state index >= 15 is 0 Å². The molecule has 12 heteroatoms. The topological polar surface area (TPSA) is 148 Å². The summed E-state index contributed by atoms with van der Waals surface area (Å²) in [5.41, 5.74) is -1.10. The third-order valence-corrected chi connectivity index (χ3v) is 4.89. The van der Waals surface area contributed by atoms with Gasteiger partial charge in [0.05, 0.1) is 16.5 Å². The molecular formula is C17H16N4O7S. The molecule has 0 bridgehead atoms. The number of ether oxygens (including phenoxy) is 1. The van der Waals surface area contributed by atoms with Gasteiger partial charge >= 0.3 is 5.97 Å². The van der Waals surface area contributed by atoms with Crippen LogP contribution in [0.4, 0.5) is 4.79 Å². The van der Waals surface area contributed by atoms with Crippen LogP contribution in [0.3, 0.4) is 0 Å². The summed E-state index contributed by atoms with van der Waals surface area (Å²) in [6.07, 6.45) is 0. The van der Waals surface area contributed by atoms with Crippen LogP contribution in [-0.2, 0) is 25.7 Å². The van der Waals surface area contributed by atoms with Gasteiger partial charge in [-0.3, -0.25) is 38.8 Å². The molecular weight excluding hydrogens is 404 g/mol. The van der Waals surface area contributed by atoms with E-state index in [0.717, 1.165) is 21.3 Å². The average molecular weight is 420 g/mol. The van der Waals surface area contributed by atoms with Gasteiger partial charge in [-0.2, -0.15) is 0 Å². The number of amides is 3. The lowest BCUT2D eigenvalue weighted by atomic mass is 10.2. The summed E-state index contributed by atoms with van der Waals surface area (Å²) in [5.74, 6) is -1.77. The molecule has 11 nitrogen and oxygen atoms in total. The van der Waals surface area contributed by atoms with E-state index in [2.05, 4.69) is 10.4 Å². The number of imide groups is 1. The third kappa shape index (κ3) is 4.71. The van der Waals surface area contributed by atoms with Crippen LogP contribution in [-0.4, -0.2) is 63.2 Å². The zero-order valence-electron chi connectivity index (χ0n) is 15.0. The molecule has 2 N–H and O–H groups in total. The predicted molar refractivity (Wildman–Crippen MR) is 102 cm³/mol. The SMILES string of the molecule is O=C(COC(=O)Cn1[nH]c(=O)c2ccccc2c1=O)NCCN1C(=O)CSC1=O. The number of aromatic amines is 1. The number of hydrogen-bond acceptors (Lipinski definition) is 8. The Balaban J connectivity index is 1.49. The Morgan fingerprint density at radius 2 is 1.86 bits per heavy atom. The van der Waals surface area contributed by atoms with Crippen LogP contribution in [0.2, 0.25) is 0 Å². The fourth-order valence-corrected chi connectivity index (χ4v) is 3.39. The molecule has 0 radical (unpaired) electrons. The van der Waals surface area contributed by atoms with Gasteiger partial charge in [0.1, 0.15) is 6.54 Å². The number of fused-ring (bicyclic) bond motifs is 1. The maximum absolute atomic E-state index is 12.3. The van der Waals surface area contributed by atoms with E-state index in [1.54, 1.807) is 12.1 Å². The summed E-state index contributed by atoms with van der Waals surface area (Å²) >= 11 is 0.892. The van der Waals surface area contributed by atoms with Crippen LogP contribution in [0, 0.1) is 0 Å². The fraction of sp³-hybridized carbons (Fsp3) is 0.294. The molecule has 1 aliphatic rings. The lowest BCUT2D eigenvalue weighted by Gasteiger charge is -2.13. The number of esters is 1. The van der Waals surface area contributed by atoms with Crippen LogP contribution >= 0.6 is 11.8 Å². The van der Waals surface area contributed by atoms with Gasteiger partial charge in [-0.15, -0.1) is 0 Å². The van der Waals surface area contributed by atoms with Crippen molar-refractivity contribution >= 4 is 45.6 Å². The Hall–Kier alpha value is -3.41. The number of rotatable bonds is 7. The molecule has 1 aliphatic heterocycles. The second-order valence-electron chi connectivity index (χ2n) is 5.99. The minimum atomic E-state index is -0.894. The van der Waals surface area contributed by atoms with E-state index in [4.69, 9.17) is 4.74 Å². The van der Waals surface area contributed by atoms with Gasteiger partial charge in [0.2, 0.25) is 5.91 Å². The highest BCUT2D eigenvalue weighted by atomic mass is 32.2. The van der Waals surface area contributed by atoms with Crippen molar-refractivity contribution in [1.29, 1.82) is 0 Å². The van der Waals surface area contributed by atoms with Crippen LogP contribution in [0.15, 0.2) is 33.9 Å². The highest BCUT2D eigenvalue weighted by Gasteiger charge is 2.29. The standard InChI is InChI=1S/C17H16N4O7S/c22-12(18-5-6-20-13(23)9-29-17(20)27)8-28-14(24)7-21-16(26)11-4-2-1-3-10(11)15(25)19-21/h1-4H,5-9H2,(H,18,22)(H,19,25). The molecule has 3 amide bonds. The Kier molecular flexibility index (Phi) is 6.12. The first-order chi connectivity index (χ1) is 13.9. The molecule has 0 aliphatic carbocycles. The van der Waals surface area contributed by atoms with Crippen LogP contribution < -0.4 is 16.4 Å². The van der Waals surface area contributed by atoms with Crippen molar-refractivity contribution in [2.24, 2.45) is 0 Å². The summed E-state index contributed by atoms with van der Waals surface area (Å²) in [7, 11) is 0. The minimum absolute atomic E-state index is 0.0197. The maximum atomic E-state index is 12.3. The van der Waals surface area contributed by atoms with Crippen molar-refractivity contribution in [2.75, 3.05) is 25.4 Å². The Morgan fingerprint density at radius 3 is 2.55 bits per heavy atom. The second kappa shape index (κ2) is 8.73. The van der Waals surface area contributed by atoms with E-state index in [1.165, 1.54) is 12.1 Å². The average Bonchev–Trinajstić information content (AvgIpc) is 3.02. The lowest BCUT2D eigenvalue weighted by molar-refractivity contribution is -0.149. The predicted octanol–water partition coefficient (Wildman–Crippen LogP) is -0.955. The van der Waals surface area contributed by atoms with Crippen LogP contribution in [0.25, 0.3) is 10.8 Å². The fourth-order valence-electron chi connectivity index (χ4n) is 2.63. The van der Waals surface area contributed by atoms with Crippen LogP contribution in [0.1, 0.15) is 0 Å². The van der Waals surface area contributed by atoms with E-state index in [1.807, 2.05) is 0 Å². The number of aromatic nitrogens is 2. The molecule has 1 aromatic carbocycles. The van der Waals surface area contributed by atoms with E-state index in [0.29, 0.717) is 0 Å². The molecule has 0 spiro atoms. The number of thioether (sulfide) groups is 1. The van der Waals surface area contributed by atoms with Gasteiger partial charge < -0.3 is 10.1 Å². The Labute approximate surface area is 167 Å². The van der Waals surface area contributed by atoms with E-state index in [-0.39, 0.29) is 40.8 Å². The Bertz CT molecular complexity index is 1090. The van der Waals surface area contributed by atoms with E-state index < -0.39 is 36.1 Å². The zero-order valence-corrected chi connectivity index (χ0v) is 15.8. The number of carbonyl (C=O) groups excluding carboxylic acids is 4. The highest BCUT2D eigenvalue weighted by molar-refractivity contribution is 8.14. The lowest BCUT2D eigenvalue weighted by Crippen LogP contribution is -2.39. The van der Waals surface area contributed by atoms with Gasteiger partial charge in [-0.25, -0.2) is 4.68 Å². The molecule has 1 saturated heterocycles. The molecule has 3 rings (SSSR count). The summed E-state index contributed by atoms with van der Waals surface area (Å²) in [6, 6.07) is 6.17. The first kappa shape index (κ1) is 20.3. The number of hydrogen-bond donors (Lipinski definition) is 2. The van der Waals surface area contributed by atoms with Crippen molar-refractivity contribution in [2.45, 2.75) is 6.54 Å². The largest absolute Gasteiger partial charge is 0.454 e. The van der Waals surface area contributed by atoms with Gasteiger partial charge in [-0.05, 0) is 12.1 Å². The van der Waals surface area contributed by atoms with Crippen molar-refractivity contribution in [3.05, 3.63) is 45.0 Å². The first-order valence-electron chi connectivity index (χ1n) is 8.48. The third-order valence-electron chi connectivity index (χ3n) is 4.03. The molecule has 0 saturated carbocycles. The molecule has 1 fully saturated rings. The summed E-state index contributed by atoms with van der Waals surface area (Å²) in [4.78, 5) is 71.8. The van der Waals surface area contributed by atoms with Crippen LogP contribution in [0.5, 0.6) is 0 Å². The van der Waals surface area contributed by atoms with Gasteiger partial charge in [0.15, 0.2) is 6.61 Å². The number of benzene rings is 1. The second-order valence-corrected chi connectivity index (χ2v) is 6.91. The number of carbonyl (C=O) groups is 4. The summed E-state index contributed by atoms with van der Waals surface area (Å²) in [5, 5.41) is 4.70. The van der Waals surface area contributed by atoms with Gasteiger partial charge in [-0.1, -0.05) is 23.9 Å². The number of nitrogens with one attached hydrogen (secondary N) is 2. The van der Waals surface area contributed by atoms with Gasteiger partial charge in [0, 0.05) is 13.1 Å². The number of H-pyrrole nitrogens is 1. The molecule has 0 unspecified atom stereocenters. The minimum Gasteiger partial charge on any atom is -0.454 e. The molecule has 2 aromatic rings. The van der Waals surface area contributed by atoms with Crippen molar-refractivity contribution < 1.29 is 23.9 Å². The normalized spacial score (nSPS) is 13.7. The maximum Gasteiger partial charge on any atom is 0.328 e. The molecule has 1 aromatic heterocycles. The molecule has 29 heavy (non-hydrogen) atoms. The molecule has 0 atom stereocenters. The van der Waals surface area contributed by atoms with Gasteiger partial charge in [0.25, 0.3) is 22.3 Å². The quantitative estimate of drug-likeness (QED) is 0.545. The van der Waals surface area contributed by atoms with Crippen molar-refractivity contribution in [3.63, 3.8) is 0 Å². The van der Waals surface area contributed by atoms with Crippen molar-refractivity contribution in [3.8, 4) is 0 Å². The van der Waals surface area contributed by atoms with Crippen molar-refractivity contribution in [1.82, 2.24) is 20.0 Å². The Morgan fingerprint density at radius 1 is 1.14 bits per heavy atom. The first-order valence-corrected chi connectivity index (χ1v) is 9.46. The molecule has 152 valence electrons. The highest BCUT2D eigenvalue weighted by Crippen LogP contribution is 2.17. The monoisotopic (exact) mass is 420 g/mol. The summed E-state index contributed by atoms with van der Waals surface area (Å²) in [6.45, 7) is -1.13. The molecule has 2 heterocycles. The van der Waals surface area contributed by atoms with E-state index in [9.17, 15) is 28.8 Å². The number of nitrogens with zero attached hydrogens (tertiary/aromatic N) is 2. The zero-order chi connectivity index (χ0) is 21.0. The summed E-state index contributed by atoms with van der Waals surface area (Å²) < 4.78 is 5.61. The smallest absolute Gasteiger partial charge is 0.328 e.